The summed E-state index contributed by atoms with van der Waals surface area (Å²) in [4.78, 5) is 17.3. The van der Waals surface area contributed by atoms with Crippen LogP contribution in [0.4, 0.5) is 0 Å². The van der Waals surface area contributed by atoms with E-state index in [1.54, 1.807) is 0 Å². The number of fused-ring (bicyclic) bond motifs is 1. The van der Waals surface area contributed by atoms with Crippen molar-refractivity contribution in [3.63, 3.8) is 0 Å². The standard InChI is InChI=1S/C10H16N2O/c13-10-8-12-7-5-3-1-2-4-6-9(12)11-10/h1-8H2. The molecule has 1 fully saturated rings. The summed E-state index contributed by atoms with van der Waals surface area (Å²) in [7, 11) is 0. The van der Waals surface area contributed by atoms with Gasteiger partial charge >= 0.3 is 0 Å². The van der Waals surface area contributed by atoms with Crippen molar-refractivity contribution >= 4 is 11.7 Å². The Bertz CT molecular complexity index is 235. The number of nitrogens with zero attached hydrogens (tertiary/aromatic N) is 2. The van der Waals surface area contributed by atoms with Crippen molar-refractivity contribution < 1.29 is 4.79 Å². The third-order valence-electron chi connectivity index (χ3n) is 2.77. The monoisotopic (exact) mass is 180 g/mol. The molecule has 1 amide bonds. The molecule has 2 aliphatic rings. The van der Waals surface area contributed by atoms with Gasteiger partial charge in [-0.15, -0.1) is 0 Å². The minimum atomic E-state index is 0.0515. The summed E-state index contributed by atoms with van der Waals surface area (Å²) in [6.45, 7) is 1.57. The second kappa shape index (κ2) is 3.90. The highest BCUT2D eigenvalue weighted by atomic mass is 16.2. The molecule has 0 N–H and O–H groups in total. The van der Waals surface area contributed by atoms with Crippen molar-refractivity contribution in [2.45, 2.75) is 38.5 Å². The van der Waals surface area contributed by atoms with E-state index in [1.165, 1.54) is 32.1 Å². The number of hydrogen-bond donors (Lipinski definition) is 0. The topological polar surface area (TPSA) is 32.7 Å². The third kappa shape index (κ3) is 2.08. The van der Waals surface area contributed by atoms with Crippen LogP contribution in [0.2, 0.25) is 0 Å². The van der Waals surface area contributed by atoms with Gasteiger partial charge in [-0.1, -0.05) is 19.3 Å². The molecule has 0 saturated carbocycles. The summed E-state index contributed by atoms with van der Waals surface area (Å²) < 4.78 is 0. The van der Waals surface area contributed by atoms with Crippen molar-refractivity contribution in [2.24, 2.45) is 4.99 Å². The SMILES string of the molecule is O=C1CN2CCCCCCCC2=N1. The quantitative estimate of drug-likeness (QED) is 0.567. The van der Waals surface area contributed by atoms with Crippen LogP contribution in [0.3, 0.4) is 0 Å². The van der Waals surface area contributed by atoms with Gasteiger partial charge in [0.2, 0.25) is 0 Å². The Morgan fingerprint density at radius 2 is 1.85 bits per heavy atom. The first-order valence-electron chi connectivity index (χ1n) is 5.21. The highest BCUT2D eigenvalue weighted by Gasteiger charge is 2.22. The van der Waals surface area contributed by atoms with Gasteiger partial charge < -0.3 is 4.90 Å². The first-order valence-corrected chi connectivity index (χ1v) is 5.21. The molecular weight excluding hydrogens is 164 g/mol. The van der Waals surface area contributed by atoms with Gasteiger partial charge in [0.1, 0.15) is 12.4 Å². The summed E-state index contributed by atoms with van der Waals surface area (Å²) in [5.41, 5.74) is 0. The largest absolute Gasteiger partial charge is 0.351 e. The van der Waals surface area contributed by atoms with Crippen molar-refractivity contribution in [1.29, 1.82) is 0 Å². The van der Waals surface area contributed by atoms with E-state index in [4.69, 9.17) is 0 Å². The van der Waals surface area contributed by atoms with Gasteiger partial charge in [-0.25, -0.2) is 0 Å². The van der Waals surface area contributed by atoms with Crippen LogP contribution < -0.4 is 0 Å². The van der Waals surface area contributed by atoms with Gasteiger partial charge in [-0.2, -0.15) is 4.99 Å². The fraction of sp³-hybridized carbons (Fsp3) is 0.800. The highest BCUT2D eigenvalue weighted by Crippen LogP contribution is 2.16. The van der Waals surface area contributed by atoms with E-state index >= 15 is 0 Å². The average Bonchev–Trinajstić information content (AvgIpc) is 2.46. The zero-order valence-corrected chi connectivity index (χ0v) is 7.96. The third-order valence-corrected chi connectivity index (χ3v) is 2.77. The second-order valence-corrected chi connectivity index (χ2v) is 3.86. The molecular formula is C10H16N2O. The molecule has 0 aromatic heterocycles. The number of aliphatic imine (C=N–C) groups is 1. The number of hydrogen-bond acceptors (Lipinski definition) is 2. The van der Waals surface area contributed by atoms with Crippen molar-refractivity contribution in [1.82, 2.24) is 4.90 Å². The smallest absolute Gasteiger partial charge is 0.266 e. The van der Waals surface area contributed by atoms with Crippen molar-refractivity contribution in [2.75, 3.05) is 13.1 Å². The maximum Gasteiger partial charge on any atom is 0.266 e. The van der Waals surface area contributed by atoms with Crippen molar-refractivity contribution in [3.8, 4) is 0 Å². The van der Waals surface area contributed by atoms with E-state index in [0.29, 0.717) is 6.54 Å². The molecule has 13 heavy (non-hydrogen) atoms. The summed E-state index contributed by atoms with van der Waals surface area (Å²) >= 11 is 0. The van der Waals surface area contributed by atoms with E-state index < -0.39 is 0 Å². The molecule has 3 nitrogen and oxygen atoms in total. The lowest BCUT2D eigenvalue weighted by Gasteiger charge is -2.17. The van der Waals surface area contributed by atoms with E-state index in [-0.39, 0.29) is 5.91 Å². The Morgan fingerprint density at radius 3 is 2.77 bits per heavy atom. The van der Waals surface area contributed by atoms with Crippen LogP contribution in [-0.4, -0.2) is 29.7 Å². The van der Waals surface area contributed by atoms with Crippen LogP contribution in [0.15, 0.2) is 4.99 Å². The molecule has 0 radical (unpaired) electrons. The highest BCUT2D eigenvalue weighted by molar-refractivity contribution is 6.01. The normalized spacial score (nSPS) is 24.5. The molecule has 0 atom stereocenters. The molecule has 2 rings (SSSR count). The molecule has 72 valence electrons. The zero-order valence-electron chi connectivity index (χ0n) is 7.96. The van der Waals surface area contributed by atoms with Crippen molar-refractivity contribution in [3.05, 3.63) is 0 Å². The molecule has 2 aliphatic heterocycles. The number of carbonyl (C=O) groups is 1. The first-order chi connectivity index (χ1) is 6.36. The average molecular weight is 180 g/mol. The lowest BCUT2D eigenvalue weighted by Crippen LogP contribution is -2.29. The van der Waals surface area contributed by atoms with Gasteiger partial charge in [-0.3, -0.25) is 4.79 Å². The number of amides is 1. The lowest BCUT2D eigenvalue weighted by molar-refractivity contribution is -0.117. The second-order valence-electron chi connectivity index (χ2n) is 3.86. The van der Waals surface area contributed by atoms with Crippen LogP contribution in [0.1, 0.15) is 38.5 Å². The lowest BCUT2D eigenvalue weighted by atomic mass is 10.1. The fourth-order valence-corrected chi connectivity index (χ4v) is 2.04. The van der Waals surface area contributed by atoms with Gasteiger partial charge in [0, 0.05) is 13.0 Å². The van der Waals surface area contributed by atoms with Crippen LogP contribution in [-0.2, 0) is 4.79 Å². The van der Waals surface area contributed by atoms with E-state index in [9.17, 15) is 4.79 Å². The summed E-state index contributed by atoms with van der Waals surface area (Å²) in [6.07, 6.45) is 7.36. The Hall–Kier alpha value is -0.860. The molecule has 0 aliphatic carbocycles. The molecule has 0 spiro atoms. The predicted molar refractivity (Wildman–Crippen MR) is 51.7 cm³/mol. The summed E-state index contributed by atoms with van der Waals surface area (Å²) in [6, 6.07) is 0. The minimum Gasteiger partial charge on any atom is -0.351 e. The number of rotatable bonds is 0. The Balaban J connectivity index is 2.02. The predicted octanol–water partition coefficient (Wildman–Crippen LogP) is 1.58. The van der Waals surface area contributed by atoms with E-state index in [2.05, 4.69) is 9.89 Å². The maximum atomic E-state index is 11.1. The van der Waals surface area contributed by atoms with Gasteiger partial charge in [0.25, 0.3) is 5.91 Å². The molecule has 0 unspecified atom stereocenters. The van der Waals surface area contributed by atoms with E-state index in [1.807, 2.05) is 0 Å². The molecule has 0 bridgehead atoms. The fourth-order valence-electron chi connectivity index (χ4n) is 2.04. The first kappa shape index (κ1) is 8.73. The number of carbonyl (C=O) groups excluding carboxylic acids is 1. The van der Waals surface area contributed by atoms with Gasteiger partial charge in [0.05, 0.1) is 0 Å². The molecule has 3 heteroatoms. The minimum absolute atomic E-state index is 0.0515. The van der Waals surface area contributed by atoms with Gasteiger partial charge in [0.15, 0.2) is 0 Å². The molecule has 0 aromatic carbocycles. The Labute approximate surface area is 78.8 Å². The Morgan fingerprint density at radius 1 is 1.08 bits per heavy atom. The van der Waals surface area contributed by atoms with E-state index in [0.717, 1.165) is 18.8 Å². The van der Waals surface area contributed by atoms with Crippen LogP contribution in [0, 0.1) is 0 Å². The molecule has 0 aromatic rings. The van der Waals surface area contributed by atoms with Gasteiger partial charge in [-0.05, 0) is 12.8 Å². The summed E-state index contributed by atoms with van der Waals surface area (Å²) in [5, 5.41) is 0. The maximum absolute atomic E-state index is 11.1. The Kier molecular flexibility index (Phi) is 2.62. The zero-order chi connectivity index (χ0) is 9.10. The molecule has 2 heterocycles. The molecule has 1 saturated heterocycles. The van der Waals surface area contributed by atoms with Crippen LogP contribution in [0.5, 0.6) is 0 Å². The summed E-state index contributed by atoms with van der Waals surface area (Å²) in [5.74, 6) is 1.10. The number of amidine groups is 1. The van der Waals surface area contributed by atoms with Crippen LogP contribution in [0.25, 0.3) is 0 Å². The van der Waals surface area contributed by atoms with Crippen LogP contribution >= 0.6 is 0 Å².